The van der Waals surface area contributed by atoms with E-state index in [9.17, 15) is 5.11 Å². The van der Waals surface area contributed by atoms with Gasteiger partial charge in [0.25, 0.3) is 0 Å². The molecule has 29 heavy (non-hydrogen) atoms. The molecule has 4 rings (SSSR count). The standard InChI is InChI=1S/C23H38O2.2C2H6/c1-22-13-11-21-19(20(22)9-7-16(22)5-3-4-14-24)8-6-17-15-18(25)10-12-23(17,21)2;2*1-2/h6,16,18-21,24-25H,3-5,7-15H2,1-2H3;2*1-2H3. The van der Waals surface area contributed by atoms with Gasteiger partial charge in [0.2, 0.25) is 0 Å². The van der Waals surface area contributed by atoms with Crippen molar-refractivity contribution < 1.29 is 10.2 Å². The lowest BCUT2D eigenvalue weighted by Gasteiger charge is -2.58. The van der Waals surface area contributed by atoms with Crippen LogP contribution in [0.4, 0.5) is 0 Å². The van der Waals surface area contributed by atoms with Crippen LogP contribution in [0.15, 0.2) is 11.6 Å². The molecule has 7 unspecified atom stereocenters. The monoisotopic (exact) mass is 406 g/mol. The van der Waals surface area contributed by atoms with Crippen molar-refractivity contribution in [3.63, 3.8) is 0 Å². The number of rotatable bonds is 4. The van der Waals surface area contributed by atoms with Crippen LogP contribution in [0.1, 0.15) is 112 Å². The van der Waals surface area contributed by atoms with E-state index in [-0.39, 0.29) is 6.10 Å². The summed E-state index contributed by atoms with van der Waals surface area (Å²) in [6, 6.07) is 0. The average Bonchev–Trinajstić information content (AvgIpc) is 3.08. The number of aliphatic hydroxyl groups excluding tert-OH is 2. The molecule has 0 saturated heterocycles. The molecule has 0 amide bonds. The van der Waals surface area contributed by atoms with Gasteiger partial charge in [-0.15, -0.1) is 0 Å². The molecule has 0 radical (unpaired) electrons. The van der Waals surface area contributed by atoms with E-state index in [0.29, 0.717) is 17.4 Å². The fraction of sp³-hybridized carbons (Fsp3) is 0.926. The molecule has 0 aliphatic heterocycles. The first-order valence-corrected chi connectivity index (χ1v) is 13.0. The van der Waals surface area contributed by atoms with Crippen LogP contribution < -0.4 is 0 Å². The van der Waals surface area contributed by atoms with E-state index >= 15 is 0 Å². The van der Waals surface area contributed by atoms with Gasteiger partial charge in [-0.2, -0.15) is 0 Å². The maximum atomic E-state index is 10.1. The first-order chi connectivity index (χ1) is 14.0. The van der Waals surface area contributed by atoms with Gasteiger partial charge in [-0.3, -0.25) is 0 Å². The van der Waals surface area contributed by atoms with Crippen molar-refractivity contribution in [2.24, 2.45) is 34.5 Å². The number of hydrogen-bond donors (Lipinski definition) is 2. The van der Waals surface area contributed by atoms with Crippen LogP contribution in [-0.2, 0) is 0 Å². The summed E-state index contributed by atoms with van der Waals surface area (Å²) < 4.78 is 0. The van der Waals surface area contributed by atoms with Gasteiger partial charge < -0.3 is 10.2 Å². The van der Waals surface area contributed by atoms with Gasteiger partial charge in [0, 0.05) is 6.61 Å². The van der Waals surface area contributed by atoms with E-state index < -0.39 is 0 Å². The smallest absolute Gasteiger partial charge is 0.0577 e. The Hall–Kier alpha value is -0.340. The molecule has 170 valence electrons. The van der Waals surface area contributed by atoms with E-state index in [1.165, 1.54) is 51.4 Å². The molecule has 0 aromatic rings. The fourth-order valence-corrected chi connectivity index (χ4v) is 7.73. The first kappa shape index (κ1) is 24.9. The molecule has 2 N–H and O–H groups in total. The van der Waals surface area contributed by atoms with E-state index in [4.69, 9.17) is 5.11 Å². The summed E-state index contributed by atoms with van der Waals surface area (Å²) in [4.78, 5) is 0. The predicted molar refractivity (Wildman–Crippen MR) is 125 cm³/mol. The normalized spacial score (nSPS) is 42.8. The highest BCUT2D eigenvalue weighted by Crippen LogP contribution is 2.66. The highest BCUT2D eigenvalue weighted by Gasteiger charge is 2.58. The third-order valence-corrected chi connectivity index (χ3v) is 9.23. The van der Waals surface area contributed by atoms with Gasteiger partial charge in [-0.1, -0.05) is 59.6 Å². The molecule has 2 nitrogen and oxygen atoms in total. The van der Waals surface area contributed by atoms with Crippen molar-refractivity contribution in [3.8, 4) is 0 Å². The Balaban J connectivity index is 0.000000707. The minimum absolute atomic E-state index is 0.0906. The summed E-state index contributed by atoms with van der Waals surface area (Å²) in [5.41, 5.74) is 2.51. The van der Waals surface area contributed by atoms with Crippen LogP contribution in [0.25, 0.3) is 0 Å². The maximum Gasteiger partial charge on any atom is 0.0577 e. The largest absolute Gasteiger partial charge is 0.396 e. The van der Waals surface area contributed by atoms with Crippen molar-refractivity contribution in [2.45, 2.75) is 118 Å². The second-order valence-electron chi connectivity index (χ2n) is 10.2. The number of unbranched alkanes of at least 4 members (excludes halogenated alkanes) is 1. The third kappa shape index (κ3) is 4.64. The quantitative estimate of drug-likeness (QED) is 0.385. The molecule has 0 spiro atoms. The predicted octanol–water partition coefficient (Wildman–Crippen LogP) is 7.14. The Bertz CT molecular complexity index is 527. The molecular weight excluding hydrogens is 356 g/mol. The second kappa shape index (κ2) is 10.8. The number of allylic oxidation sites excluding steroid dienone is 1. The Morgan fingerprint density at radius 3 is 2.34 bits per heavy atom. The van der Waals surface area contributed by atoms with Crippen molar-refractivity contribution in [2.75, 3.05) is 6.61 Å². The Kier molecular flexibility index (Phi) is 9.28. The number of aliphatic hydroxyl groups is 2. The molecule has 3 fully saturated rings. The fourth-order valence-electron chi connectivity index (χ4n) is 7.73. The van der Waals surface area contributed by atoms with Gasteiger partial charge in [0.15, 0.2) is 0 Å². The molecule has 4 aliphatic rings. The van der Waals surface area contributed by atoms with E-state index in [2.05, 4.69) is 19.9 Å². The molecule has 0 bridgehead atoms. The first-order valence-electron chi connectivity index (χ1n) is 13.0. The average molecular weight is 407 g/mol. The van der Waals surface area contributed by atoms with Crippen molar-refractivity contribution in [1.29, 1.82) is 0 Å². The van der Waals surface area contributed by atoms with E-state index in [1.807, 2.05) is 27.7 Å². The Morgan fingerprint density at radius 2 is 1.66 bits per heavy atom. The van der Waals surface area contributed by atoms with Crippen molar-refractivity contribution >= 4 is 0 Å². The van der Waals surface area contributed by atoms with Crippen LogP contribution in [0.3, 0.4) is 0 Å². The molecule has 4 aliphatic carbocycles. The number of fused-ring (bicyclic) bond motifs is 5. The SMILES string of the molecule is CC.CC.CC12CCC(O)CC1=CCC1C2CCC2(C)C(CCCCO)CCC12. The summed E-state index contributed by atoms with van der Waals surface area (Å²) >= 11 is 0. The summed E-state index contributed by atoms with van der Waals surface area (Å²) in [5.74, 6) is 3.53. The summed E-state index contributed by atoms with van der Waals surface area (Å²) in [6.45, 7) is 13.5. The van der Waals surface area contributed by atoms with Crippen LogP contribution >= 0.6 is 0 Å². The maximum absolute atomic E-state index is 10.1. The van der Waals surface area contributed by atoms with Crippen LogP contribution in [0.2, 0.25) is 0 Å². The zero-order valence-corrected chi connectivity index (χ0v) is 20.3. The van der Waals surface area contributed by atoms with Gasteiger partial charge in [-0.25, -0.2) is 0 Å². The minimum Gasteiger partial charge on any atom is -0.396 e. The molecule has 0 aromatic heterocycles. The molecule has 3 saturated carbocycles. The molecule has 0 heterocycles. The van der Waals surface area contributed by atoms with Gasteiger partial charge in [0.05, 0.1) is 6.10 Å². The Morgan fingerprint density at radius 1 is 0.931 bits per heavy atom. The summed E-state index contributed by atoms with van der Waals surface area (Å²) in [7, 11) is 0. The van der Waals surface area contributed by atoms with E-state index in [1.54, 1.807) is 5.57 Å². The van der Waals surface area contributed by atoms with E-state index in [0.717, 1.165) is 42.9 Å². The topological polar surface area (TPSA) is 40.5 Å². The zero-order valence-electron chi connectivity index (χ0n) is 20.3. The summed E-state index contributed by atoms with van der Waals surface area (Å²) in [5, 5.41) is 19.3. The van der Waals surface area contributed by atoms with Crippen molar-refractivity contribution in [3.05, 3.63) is 11.6 Å². The van der Waals surface area contributed by atoms with Gasteiger partial charge in [0.1, 0.15) is 0 Å². The highest BCUT2D eigenvalue weighted by atomic mass is 16.3. The molecule has 7 atom stereocenters. The summed E-state index contributed by atoms with van der Waals surface area (Å²) in [6.07, 6.45) is 16.0. The van der Waals surface area contributed by atoms with Gasteiger partial charge in [-0.05, 0) is 98.7 Å². The minimum atomic E-state index is -0.0906. The van der Waals surface area contributed by atoms with Crippen LogP contribution in [0, 0.1) is 34.5 Å². The molecule has 2 heteroatoms. The van der Waals surface area contributed by atoms with Crippen LogP contribution in [0.5, 0.6) is 0 Å². The lowest BCUT2D eigenvalue weighted by molar-refractivity contribution is -0.0509. The molecule has 0 aromatic carbocycles. The third-order valence-electron chi connectivity index (χ3n) is 9.23. The second-order valence-corrected chi connectivity index (χ2v) is 10.2. The van der Waals surface area contributed by atoms with Gasteiger partial charge >= 0.3 is 0 Å². The zero-order chi connectivity index (χ0) is 21.7. The Labute approximate surface area is 181 Å². The molecular formula is C27H50O2. The lowest BCUT2D eigenvalue weighted by atomic mass is 9.47. The van der Waals surface area contributed by atoms with Crippen molar-refractivity contribution in [1.82, 2.24) is 0 Å². The number of hydrogen-bond acceptors (Lipinski definition) is 2. The highest BCUT2D eigenvalue weighted by molar-refractivity contribution is 5.25. The van der Waals surface area contributed by atoms with Crippen LogP contribution in [-0.4, -0.2) is 22.9 Å². The lowest BCUT2D eigenvalue weighted by Crippen LogP contribution is -2.50.